The molecule has 0 radical (unpaired) electrons. The fraction of sp³-hybridized carbons (Fsp3) is 0.800. The Balaban J connectivity index is 0.000000226. The third kappa shape index (κ3) is 5.39. The molecule has 0 aromatic carbocycles. The van der Waals surface area contributed by atoms with Crippen molar-refractivity contribution in [1.82, 2.24) is 4.90 Å². The van der Waals surface area contributed by atoms with Crippen molar-refractivity contribution in [3.63, 3.8) is 0 Å². The molecule has 76 valence electrons. The highest BCUT2D eigenvalue weighted by molar-refractivity contribution is 5.77. The topological polar surface area (TPSA) is 37.4 Å². The highest BCUT2D eigenvalue weighted by Crippen LogP contribution is 2.04. The fourth-order valence-electron chi connectivity index (χ4n) is 1.03. The first-order chi connectivity index (χ1) is 6.11. The first kappa shape index (κ1) is 12.1. The Hall–Kier alpha value is -0.860. The second-order valence-electron chi connectivity index (χ2n) is 3.16. The lowest BCUT2D eigenvalue weighted by Crippen LogP contribution is -2.17. The molecule has 1 amide bonds. The monoisotopic (exact) mass is 185 g/mol. The van der Waals surface area contributed by atoms with Gasteiger partial charge in [0.15, 0.2) is 0 Å². The molecule has 0 aromatic heterocycles. The molecule has 0 N–H and O–H groups in total. The standard InChI is InChI=1S/C5H9NO.C5H10O/c1-6-4-2-3-5(6)7;1-3-5(6)4-2/h2-4H2,1H3;3-4H2,1-2H3. The van der Waals surface area contributed by atoms with Crippen molar-refractivity contribution in [3.05, 3.63) is 0 Å². The minimum atomic E-state index is 0.292. The summed E-state index contributed by atoms with van der Waals surface area (Å²) in [5, 5.41) is 0. The SMILES string of the molecule is CCC(=O)CC.CN1CCCC1=O. The Kier molecular flexibility index (Phi) is 6.20. The molecule has 3 heteroatoms. The molecule has 1 aliphatic rings. The van der Waals surface area contributed by atoms with Crippen LogP contribution in [0, 0.1) is 0 Å². The van der Waals surface area contributed by atoms with E-state index in [0.29, 0.717) is 24.5 Å². The molecule has 0 saturated carbocycles. The number of hydrogen-bond donors (Lipinski definition) is 0. The van der Waals surface area contributed by atoms with Crippen LogP contribution in [0.2, 0.25) is 0 Å². The molecule has 1 fully saturated rings. The van der Waals surface area contributed by atoms with Gasteiger partial charge >= 0.3 is 0 Å². The molecule has 0 aliphatic carbocycles. The maximum absolute atomic E-state index is 10.5. The molecule has 0 atom stereocenters. The van der Waals surface area contributed by atoms with Crippen molar-refractivity contribution in [1.29, 1.82) is 0 Å². The number of carbonyl (C=O) groups excluding carboxylic acids is 2. The molecule has 0 bridgehead atoms. The van der Waals surface area contributed by atoms with E-state index in [9.17, 15) is 9.59 Å². The summed E-state index contributed by atoms with van der Waals surface area (Å²) in [6.45, 7) is 4.72. The molecule has 0 aromatic rings. The van der Waals surface area contributed by atoms with Crippen LogP contribution in [0.15, 0.2) is 0 Å². The van der Waals surface area contributed by atoms with Crippen LogP contribution in [0.3, 0.4) is 0 Å². The molecular weight excluding hydrogens is 166 g/mol. The van der Waals surface area contributed by atoms with E-state index in [0.717, 1.165) is 19.4 Å². The normalized spacial score (nSPS) is 15.3. The van der Waals surface area contributed by atoms with Crippen molar-refractivity contribution in [2.45, 2.75) is 39.5 Å². The average Bonchev–Trinajstić information content (AvgIpc) is 2.51. The maximum Gasteiger partial charge on any atom is 0.222 e. The van der Waals surface area contributed by atoms with Gasteiger partial charge in [-0.1, -0.05) is 13.8 Å². The zero-order chi connectivity index (χ0) is 10.3. The van der Waals surface area contributed by atoms with Gasteiger partial charge in [-0.2, -0.15) is 0 Å². The summed E-state index contributed by atoms with van der Waals surface area (Å²) in [6.07, 6.45) is 3.19. The number of likely N-dealkylation sites (tertiary alicyclic amines) is 1. The van der Waals surface area contributed by atoms with Crippen LogP contribution in [-0.4, -0.2) is 30.2 Å². The van der Waals surface area contributed by atoms with Gasteiger partial charge in [-0.15, -0.1) is 0 Å². The van der Waals surface area contributed by atoms with Gasteiger partial charge < -0.3 is 4.90 Å². The third-order valence-corrected chi connectivity index (χ3v) is 2.10. The zero-order valence-corrected chi connectivity index (χ0v) is 8.80. The number of rotatable bonds is 2. The predicted octanol–water partition coefficient (Wildman–Crippen LogP) is 1.61. The van der Waals surface area contributed by atoms with E-state index in [1.165, 1.54) is 0 Å². The van der Waals surface area contributed by atoms with Crippen LogP contribution in [-0.2, 0) is 9.59 Å². The minimum Gasteiger partial charge on any atom is -0.346 e. The largest absolute Gasteiger partial charge is 0.346 e. The van der Waals surface area contributed by atoms with E-state index in [1.807, 2.05) is 20.9 Å². The number of nitrogens with zero attached hydrogens (tertiary/aromatic N) is 1. The molecule has 1 saturated heterocycles. The van der Waals surface area contributed by atoms with E-state index >= 15 is 0 Å². The summed E-state index contributed by atoms with van der Waals surface area (Å²) >= 11 is 0. The molecule has 3 nitrogen and oxygen atoms in total. The lowest BCUT2D eigenvalue weighted by molar-refractivity contribution is -0.126. The van der Waals surface area contributed by atoms with Gasteiger partial charge in [0, 0.05) is 32.9 Å². The first-order valence-electron chi connectivity index (χ1n) is 4.87. The van der Waals surface area contributed by atoms with Crippen molar-refractivity contribution < 1.29 is 9.59 Å². The highest BCUT2D eigenvalue weighted by atomic mass is 16.2. The van der Waals surface area contributed by atoms with Crippen LogP contribution in [0.25, 0.3) is 0 Å². The van der Waals surface area contributed by atoms with E-state index < -0.39 is 0 Å². The van der Waals surface area contributed by atoms with Gasteiger partial charge in [0.25, 0.3) is 0 Å². The Morgan fingerprint density at radius 3 is 2.00 bits per heavy atom. The Morgan fingerprint density at radius 1 is 1.38 bits per heavy atom. The third-order valence-electron chi connectivity index (χ3n) is 2.10. The lowest BCUT2D eigenvalue weighted by Gasteiger charge is -2.03. The maximum atomic E-state index is 10.5. The van der Waals surface area contributed by atoms with Crippen molar-refractivity contribution in [2.24, 2.45) is 0 Å². The molecule has 1 rings (SSSR count). The summed E-state index contributed by atoms with van der Waals surface area (Å²) in [4.78, 5) is 22.4. The lowest BCUT2D eigenvalue weighted by atomic mass is 10.3. The smallest absolute Gasteiger partial charge is 0.222 e. The summed E-state index contributed by atoms with van der Waals surface area (Å²) in [6, 6.07) is 0. The van der Waals surface area contributed by atoms with E-state index in [2.05, 4.69) is 0 Å². The van der Waals surface area contributed by atoms with Gasteiger partial charge in [-0.25, -0.2) is 0 Å². The van der Waals surface area contributed by atoms with Crippen molar-refractivity contribution in [3.8, 4) is 0 Å². The number of amides is 1. The second-order valence-corrected chi connectivity index (χ2v) is 3.16. The van der Waals surface area contributed by atoms with Crippen molar-refractivity contribution in [2.75, 3.05) is 13.6 Å². The van der Waals surface area contributed by atoms with Gasteiger partial charge in [-0.05, 0) is 6.42 Å². The number of ketones is 1. The highest BCUT2D eigenvalue weighted by Gasteiger charge is 2.14. The number of carbonyl (C=O) groups is 2. The van der Waals surface area contributed by atoms with Crippen LogP contribution < -0.4 is 0 Å². The summed E-state index contributed by atoms with van der Waals surface area (Å²) in [5.41, 5.74) is 0. The second kappa shape index (κ2) is 6.63. The summed E-state index contributed by atoms with van der Waals surface area (Å²) in [7, 11) is 1.84. The van der Waals surface area contributed by atoms with E-state index in [4.69, 9.17) is 0 Å². The molecule has 13 heavy (non-hydrogen) atoms. The fourth-order valence-corrected chi connectivity index (χ4v) is 1.03. The first-order valence-corrected chi connectivity index (χ1v) is 4.87. The Morgan fingerprint density at radius 2 is 1.92 bits per heavy atom. The van der Waals surface area contributed by atoms with Gasteiger partial charge in [0.05, 0.1) is 0 Å². The molecule has 0 spiro atoms. The molecule has 1 aliphatic heterocycles. The number of Topliss-reactive ketones (excluding diaryl/α,β-unsaturated/α-hetero) is 1. The minimum absolute atomic E-state index is 0.292. The average molecular weight is 185 g/mol. The summed E-state index contributed by atoms with van der Waals surface area (Å²) in [5.74, 6) is 0.634. The number of hydrogen-bond acceptors (Lipinski definition) is 2. The molecule has 0 unspecified atom stereocenters. The Labute approximate surface area is 80.1 Å². The van der Waals surface area contributed by atoms with Crippen LogP contribution >= 0.6 is 0 Å². The zero-order valence-electron chi connectivity index (χ0n) is 8.80. The van der Waals surface area contributed by atoms with Crippen LogP contribution in [0.1, 0.15) is 39.5 Å². The van der Waals surface area contributed by atoms with Gasteiger partial charge in [0.2, 0.25) is 5.91 Å². The molecular formula is C10H19NO2. The van der Waals surface area contributed by atoms with E-state index in [1.54, 1.807) is 4.90 Å². The van der Waals surface area contributed by atoms with Gasteiger partial charge in [-0.3, -0.25) is 9.59 Å². The van der Waals surface area contributed by atoms with Gasteiger partial charge in [0.1, 0.15) is 5.78 Å². The van der Waals surface area contributed by atoms with E-state index in [-0.39, 0.29) is 0 Å². The Bertz CT molecular complexity index is 172. The quantitative estimate of drug-likeness (QED) is 0.655. The summed E-state index contributed by atoms with van der Waals surface area (Å²) < 4.78 is 0. The van der Waals surface area contributed by atoms with Crippen LogP contribution in [0.5, 0.6) is 0 Å². The van der Waals surface area contributed by atoms with Crippen LogP contribution in [0.4, 0.5) is 0 Å². The van der Waals surface area contributed by atoms with Crippen molar-refractivity contribution >= 4 is 11.7 Å². The predicted molar refractivity (Wildman–Crippen MR) is 52.5 cm³/mol. The molecule has 1 heterocycles.